The number of nitrogens with one attached hydrogen (secondary N) is 1. The number of nitro benzene ring substituents is 1. The summed E-state index contributed by atoms with van der Waals surface area (Å²) in [6.07, 6.45) is 0. The molecule has 0 atom stereocenters. The van der Waals surface area contributed by atoms with Crippen LogP contribution in [0.5, 0.6) is 0 Å². The standard InChI is InChI=1S/C19H20ClN5O4/c20-16-6-3-14(11-17(16)25(28)29)22-18(26)12-23-7-9-24(10-8-23)15-4-1-13(2-5-15)19(21)27/h1-6,11H,7-10,12H2,(H2,21,27)(H,22,26). The van der Waals surface area contributed by atoms with E-state index >= 15 is 0 Å². The molecule has 1 aliphatic heterocycles. The Labute approximate surface area is 172 Å². The Morgan fingerprint density at radius 2 is 1.76 bits per heavy atom. The number of anilines is 2. The van der Waals surface area contributed by atoms with Crippen LogP contribution < -0.4 is 16.0 Å². The third kappa shape index (κ3) is 5.21. The number of halogens is 1. The third-order valence-corrected chi connectivity index (χ3v) is 5.00. The highest BCUT2D eigenvalue weighted by Crippen LogP contribution is 2.27. The molecule has 0 saturated carbocycles. The topological polar surface area (TPSA) is 122 Å². The molecule has 1 fully saturated rings. The van der Waals surface area contributed by atoms with Crippen LogP contribution in [0.3, 0.4) is 0 Å². The Morgan fingerprint density at radius 3 is 2.34 bits per heavy atom. The van der Waals surface area contributed by atoms with Gasteiger partial charge in [-0.25, -0.2) is 0 Å². The van der Waals surface area contributed by atoms with Crippen molar-refractivity contribution in [2.24, 2.45) is 5.73 Å². The van der Waals surface area contributed by atoms with Gasteiger partial charge in [0.25, 0.3) is 5.69 Å². The zero-order valence-electron chi connectivity index (χ0n) is 15.5. The molecule has 3 N–H and O–H groups in total. The fourth-order valence-corrected chi connectivity index (χ4v) is 3.32. The van der Waals surface area contributed by atoms with Crippen LogP contribution in [0.2, 0.25) is 5.02 Å². The Kier molecular flexibility index (Phi) is 6.30. The molecule has 2 amide bonds. The molecule has 29 heavy (non-hydrogen) atoms. The van der Waals surface area contributed by atoms with Crippen LogP contribution in [-0.4, -0.2) is 54.4 Å². The van der Waals surface area contributed by atoms with E-state index in [1.165, 1.54) is 18.2 Å². The average Bonchev–Trinajstić information content (AvgIpc) is 2.70. The van der Waals surface area contributed by atoms with Gasteiger partial charge < -0.3 is 16.0 Å². The molecule has 152 valence electrons. The summed E-state index contributed by atoms with van der Waals surface area (Å²) in [5.74, 6) is -0.709. The van der Waals surface area contributed by atoms with Crippen LogP contribution in [-0.2, 0) is 4.79 Å². The first kappa shape index (κ1) is 20.6. The van der Waals surface area contributed by atoms with E-state index < -0.39 is 10.8 Å². The van der Waals surface area contributed by atoms with Crippen molar-refractivity contribution in [3.8, 4) is 0 Å². The van der Waals surface area contributed by atoms with Crippen LogP contribution in [0.1, 0.15) is 10.4 Å². The van der Waals surface area contributed by atoms with E-state index in [4.69, 9.17) is 17.3 Å². The zero-order chi connectivity index (χ0) is 21.0. The predicted octanol–water partition coefficient (Wildman–Crippen LogP) is 2.11. The van der Waals surface area contributed by atoms with Gasteiger partial charge in [-0.15, -0.1) is 0 Å². The summed E-state index contributed by atoms with van der Waals surface area (Å²) >= 11 is 5.78. The van der Waals surface area contributed by atoms with Crippen molar-refractivity contribution in [1.29, 1.82) is 0 Å². The van der Waals surface area contributed by atoms with Crippen molar-refractivity contribution in [2.45, 2.75) is 0 Å². The molecule has 9 nitrogen and oxygen atoms in total. The summed E-state index contributed by atoms with van der Waals surface area (Å²) in [4.78, 5) is 38.0. The number of carbonyl (C=O) groups excluding carboxylic acids is 2. The number of hydrogen-bond donors (Lipinski definition) is 2. The predicted molar refractivity (Wildman–Crippen MR) is 110 cm³/mol. The average molecular weight is 418 g/mol. The number of benzene rings is 2. The maximum absolute atomic E-state index is 12.3. The molecule has 0 spiro atoms. The van der Waals surface area contributed by atoms with Gasteiger partial charge in [0.2, 0.25) is 11.8 Å². The Hall–Kier alpha value is -3.17. The van der Waals surface area contributed by atoms with E-state index in [1.54, 1.807) is 12.1 Å². The maximum Gasteiger partial charge on any atom is 0.289 e. The molecule has 2 aromatic rings. The number of carbonyl (C=O) groups is 2. The second-order valence-electron chi connectivity index (χ2n) is 6.65. The van der Waals surface area contributed by atoms with Gasteiger partial charge in [-0.3, -0.25) is 24.6 Å². The van der Waals surface area contributed by atoms with Gasteiger partial charge in [-0.1, -0.05) is 11.6 Å². The Bertz CT molecular complexity index is 927. The molecule has 0 radical (unpaired) electrons. The summed E-state index contributed by atoms with van der Waals surface area (Å²) in [7, 11) is 0. The van der Waals surface area contributed by atoms with Gasteiger partial charge in [-0.2, -0.15) is 0 Å². The van der Waals surface area contributed by atoms with Gasteiger partial charge >= 0.3 is 0 Å². The molecule has 1 aliphatic rings. The molecule has 10 heteroatoms. The summed E-state index contributed by atoms with van der Waals surface area (Å²) < 4.78 is 0. The summed E-state index contributed by atoms with van der Waals surface area (Å²) in [5, 5.41) is 13.6. The first-order valence-corrected chi connectivity index (χ1v) is 9.32. The molecule has 1 saturated heterocycles. The molecule has 0 aliphatic carbocycles. The van der Waals surface area contributed by atoms with Gasteiger partial charge in [0.1, 0.15) is 5.02 Å². The SMILES string of the molecule is NC(=O)c1ccc(N2CCN(CC(=O)Nc3ccc(Cl)c([N+](=O)[O-])c3)CC2)cc1. The smallest absolute Gasteiger partial charge is 0.289 e. The second kappa shape index (κ2) is 8.89. The zero-order valence-corrected chi connectivity index (χ0v) is 16.3. The number of primary amides is 1. The first-order valence-electron chi connectivity index (χ1n) is 8.94. The number of nitrogens with zero attached hydrogens (tertiary/aromatic N) is 3. The molecule has 0 bridgehead atoms. The number of piperazine rings is 1. The lowest BCUT2D eigenvalue weighted by molar-refractivity contribution is -0.384. The van der Waals surface area contributed by atoms with E-state index in [0.717, 1.165) is 18.8 Å². The summed E-state index contributed by atoms with van der Waals surface area (Å²) in [5.41, 5.74) is 6.80. The fourth-order valence-electron chi connectivity index (χ4n) is 3.13. The lowest BCUT2D eigenvalue weighted by Crippen LogP contribution is -2.48. The number of nitro groups is 1. The second-order valence-corrected chi connectivity index (χ2v) is 7.05. The largest absolute Gasteiger partial charge is 0.369 e. The van der Waals surface area contributed by atoms with Crippen LogP contribution in [0.4, 0.5) is 17.1 Å². The van der Waals surface area contributed by atoms with Crippen LogP contribution in [0.25, 0.3) is 0 Å². The maximum atomic E-state index is 12.3. The van der Waals surface area contributed by atoms with E-state index in [1.807, 2.05) is 17.0 Å². The molecular formula is C19H20ClN5O4. The summed E-state index contributed by atoms with van der Waals surface area (Å²) in [6.45, 7) is 3.02. The van der Waals surface area contributed by atoms with Gasteiger partial charge in [0.15, 0.2) is 0 Å². The van der Waals surface area contributed by atoms with Crippen LogP contribution >= 0.6 is 11.6 Å². The molecule has 1 heterocycles. The van der Waals surface area contributed by atoms with Crippen molar-refractivity contribution in [1.82, 2.24) is 4.90 Å². The number of rotatable bonds is 6. The number of nitrogens with two attached hydrogens (primary N) is 1. The van der Waals surface area contributed by atoms with Crippen LogP contribution in [0, 0.1) is 10.1 Å². The molecule has 3 rings (SSSR count). The Balaban J connectivity index is 1.51. The lowest BCUT2D eigenvalue weighted by atomic mass is 10.1. The third-order valence-electron chi connectivity index (χ3n) is 4.68. The van der Waals surface area contributed by atoms with Crippen molar-refractivity contribution in [2.75, 3.05) is 42.9 Å². The summed E-state index contributed by atoms with van der Waals surface area (Å²) in [6, 6.07) is 11.3. The van der Waals surface area contributed by atoms with Gasteiger partial charge in [0, 0.05) is 49.2 Å². The lowest BCUT2D eigenvalue weighted by Gasteiger charge is -2.35. The minimum Gasteiger partial charge on any atom is -0.369 e. The van der Waals surface area contributed by atoms with Crippen molar-refractivity contribution >= 4 is 40.5 Å². The van der Waals surface area contributed by atoms with Crippen molar-refractivity contribution in [3.05, 3.63) is 63.2 Å². The minimum atomic E-state index is -0.590. The van der Waals surface area contributed by atoms with Crippen LogP contribution in [0.15, 0.2) is 42.5 Å². The first-order chi connectivity index (χ1) is 13.8. The quantitative estimate of drug-likeness (QED) is 0.548. The molecular weight excluding hydrogens is 398 g/mol. The highest BCUT2D eigenvalue weighted by Gasteiger charge is 2.20. The molecule has 0 unspecified atom stereocenters. The highest BCUT2D eigenvalue weighted by atomic mass is 35.5. The van der Waals surface area contributed by atoms with E-state index in [-0.39, 0.29) is 23.2 Å². The fraction of sp³-hybridized carbons (Fsp3) is 0.263. The van der Waals surface area contributed by atoms with Gasteiger partial charge in [0.05, 0.1) is 11.5 Å². The monoisotopic (exact) mass is 417 g/mol. The normalized spacial score (nSPS) is 14.4. The number of amides is 2. The van der Waals surface area contributed by atoms with E-state index in [2.05, 4.69) is 10.2 Å². The molecule has 0 aromatic heterocycles. The van der Waals surface area contributed by atoms with E-state index in [0.29, 0.717) is 24.3 Å². The van der Waals surface area contributed by atoms with E-state index in [9.17, 15) is 19.7 Å². The Morgan fingerprint density at radius 1 is 1.10 bits per heavy atom. The minimum absolute atomic E-state index is 0.0213. The van der Waals surface area contributed by atoms with Crippen molar-refractivity contribution in [3.63, 3.8) is 0 Å². The highest BCUT2D eigenvalue weighted by molar-refractivity contribution is 6.32. The molecule has 2 aromatic carbocycles. The number of hydrogen-bond acceptors (Lipinski definition) is 6. The van der Waals surface area contributed by atoms with Gasteiger partial charge in [-0.05, 0) is 36.4 Å². The van der Waals surface area contributed by atoms with Crippen molar-refractivity contribution < 1.29 is 14.5 Å².